The summed E-state index contributed by atoms with van der Waals surface area (Å²) < 4.78 is 5.06. The first kappa shape index (κ1) is 10.8. The van der Waals surface area contributed by atoms with Crippen LogP contribution in [0.3, 0.4) is 0 Å². The van der Waals surface area contributed by atoms with E-state index in [-0.39, 0.29) is 5.78 Å². The third kappa shape index (κ3) is 2.47. The number of carbonyl (C=O) groups excluding carboxylic acids is 1. The van der Waals surface area contributed by atoms with Gasteiger partial charge in [-0.05, 0) is 30.7 Å². The standard InChI is InChI=1S/C12H11O2S/c1-14-10-6-4-9(5-7-10)12(13)11-3-2-8-15-11/h2-4,6-8H,5H2,1H3. The van der Waals surface area contributed by atoms with E-state index < -0.39 is 0 Å². The second-order valence-corrected chi connectivity index (χ2v) is 4.13. The molecule has 1 aliphatic rings. The highest BCUT2D eigenvalue weighted by Crippen LogP contribution is 2.32. The first-order chi connectivity index (χ1) is 7.31. The number of hydrogen-bond acceptors (Lipinski definition) is 3. The molecule has 15 heavy (non-hydrogen) atoms. The van der Waals surface area contributed by atoms with Crippen molar-refractivity contribution in [3.8, 4) is 0 Å². The van der Waals surface area contributed by atoms with E-state index >= 15 is 0 Å². The molecule has 1 aliphatic carbocycles. The molecule has 3 heteroatoms. The molecule has 1 aromatic rings. The van der Waals surface area contributed by atoms with Gasteiger partial charge in [-0.2, -0.15) is 0 Å². The number of thiophene rings is 1. The molecule has 0 amide bonds. The molecule has 0 saturated heterocycles. The van der Waals surface area contributed by atoms with Gasteiger partial charge in [-0.3, -0.25) is 4.79 Å². The number of ether oxygens (including phenoxy) is 1. The summed E-state index contributed by atoms with van der Waals surface area (Å²) in [5.74, 6) is 0.936. The maximum atomic E-state index is 11.9. The van der Waals surface area contributed by atoms with E-state index in [1.807, 2.05) is 36.8 Å². The van der Waals surface area contributed by atoms with Crippen molar-refractivity contribution in [3.63, 3.8) is 0 Å². The van der Waals surface area contributed by atoms with Crippen LogP contribution in [0.5, 0.6) is 0 Å². The van der Waals surface area contributed by atoms with Crippen LogP contribution in [-0.2, 0) is 4.74 Å². The third-order valence-corrected chi connectivity index (χ3v) is 3.11. The summed E-state index contributed by atoms with van der Waals surface area (Å²) in [5.41, 5.74) is 0. The van der Waals surface area contributed by atoms with E-state index in [0.717, 1.165) is 16.9 Å². The molecule has 5 radical (unpaired) electrons. The molecular formula is C12H11O2S. The molecule has 0 spiro atoms. The van der Waals surface area contributed by atoms with Crippen molar-refractivity contribution < 1.29 is 9.53 Å². The van der Waals surface area contributed by atoms with Crippen molar-refractivity contribution in [2.45, 2.75) is 6.42 Å². The Balaban J connectivity index is 1.93. The normalized spacial score (nSPS) is 19.3. The minimum Gasteiger partial charge on any atom is -0.375 e. The minimum absolute atomic E-state index is 0.118. The molecule has 0 N–H and O–H groups in total. The topological polar surface area (TPSA) is 26.3 Å². The van der Waals surface area contributed by atoms with Gasteiger partial charge in [0.2, 0.25) is 0 Å². The molecule has 1 heterocycles. The number of rotatable bonds is 3. The van der Waals surface area contributed by atoms with Gasteiger partial charge in [0.1, 0.15) is 6.10 Å². The summed E-state index contributed by atoms with van der Waals surface area (Å²) in [5, 5.41) is 1.91. The number of Topliss-reactive ketones (excluding diaryl/α,β-unsaturated/α-hetero) is 1. The van der Waals surface area contributed by atoms with Crippen molar-refractivity contribution in [2.75, 3.05) is 7.11 Å². The van der Waals surface area contributed by atoms with E-state index in [1.54, 1.807) is 7.11 Å². The van der Waals surface area contributed by atoms with Gasteiger partial charge in [0, 0.05) is 13.5 Å². The van der Waals surface area contributed by atoms with Crippen LogP contribution in [0.1, 0.15) is 16.1 Å². The fourth-order valence-corrected chi connectivity index (χ4v) is 2.11. The Morgan fingerprint density at radius 3 is 2.87 bits per heavy atom. The van der Waals surface area contributed by atoms with E-state index in [0.29, 0.717) is 6.42 Å². The number of carbonyl (C=O) groups is 1. The van der Waals surface area contributed by atoms with E-state index in [9.17, 15) is 4.79 Å². The van der Waals surface area contributed by atoms with Gasteiger partial charge in [-0.15, -0.1) is 11.3 Å². The molecule has 1 aromatic heterocycles. The summed E-state index contributed by atoms with van der Waals surface area (Å²) in [6, 6.07) is 3.74. The number of methoxy groups -OCH3 is 1. The van der Waals surface area contributed by atoms with Gasteiger partial charge in [-0.1, -0.05) is 6.07 Å². The third-order valence-electron chi connectivity index (χ3n) is 2.24. The summed E-state index contributed by atoms with van der Waals surface area (Å²) in [7, 11) is 1.63. The predicted octanol–water partition coefficient (Wildman–Crippen LogP) is 2.70. The van der Waals surface area contributed by atoms with Gasteiger partial charge in [-0.25, -0.2) is 0 Å². The van der Waals surface area contributed by atoms with Crippen LogP contribution in [0.25, 0.3) is 0 Å². The summed E-state index contributed by atoms with van der Waals surface area (Å²) >= 11 is 1.48. The lowest BCUT2D eigenvalue weighted by Gasteiger charge is -2.23. The Labute approximate surface area is 94.3 Å². The lowest BCUT2D eigenvalue weighted by molar-refractivity contribution is 0.101. The van der Waals surface area contributed by atoms with Crippen molar-refractivity contribution in [1.29, 1.82) is 0 Å². The average molecular weight is 219 g/mol. The van der Waals surface area contributed by atoms with Crippen molar-refractivity contribution in [2.24, 2.45) is 0 Å². The van der Waals surface area contributed by atoms with Gasteiger partial charge in [0.25, 0.3) is 0 Å². The molecule has 0 unspecified atom stereocenters. The molecule has 0 aliphatic heterocycles. The maximum absolute atomic E-state index is 11.9. The largest absolute Gasteiger partial charge is 0.375 e. The molecular weight excluding hydrogens is 208 g/mol. The quantitative estimate of drug-likeness (QED) is 0.731. The predicted molar refractivity (Wildman–Crippen MR) is 59.7 cm³/mol. The molecule has 0 bridgehead atoms. The lowest BCUT2D eigenvalue weighted by Crippen LogP contribution is -2.21. The van der Waals surface area contributed by atoms with Crippen molar-refractivity contribution in [1.82, 2.24) is 0 Å². The molecule has 1 saturated carbocycles. The van der Waals surface area contributed by atoms with Gasteiger partial charge in [0.15, 0.2) is 5.78 Å². The van der Waals surface area contributed by atoms with Crippen molar-refractivity contribution >= 4 is 17.1 Å². The van der Waals surface area contributed by atoms with Crippen LogP contribution in [0.2, 0.25) is 0 Å². The second kappa shape index (κ2) is 4.90. The summed E-state index contributed by atoms with van der Waals surface area (Å²) in [4.78, 5) is 12.7. The highest BCUT2D eigenvalue weighted by Gasteiger charge is 2.29. The monoisotopic (exact) mass is 219 g/mol. The fourth-order valence-electron chi connectivity index (χ4n) is 1.42. The highest BCUT2D eigenvalue weighted by molar-refractivity contribution is 7.12. The van der Waals surface area contributed by atoms with Crippen LogP contribution >= 0.6 is 11.3 Å². The zero-order chi connectivity index (χ0) is 10.7. The lowest BCUT2D eigenvalue weighted by atomic mass is 9.84. The fraction of sp³-hybridized carbons (Fsp3) is 0.167. The van der Waals surface area contributed by atoms with Gasteiger partial charge < -0.3 is 4.74 Å². The van der Waals surface area contributed by atoms with Gasteiger partial charge in [0.05, 0.1) is 10.8 Å². The van der Waals surface area contributed by atoms with Crippen molar-refractivity contribution in [3.05, 3.63) is 53.7 Å². The van der Waals surface area contributed by atoms with Crippen LogP contribution < -0.4 is 0 Å². The molecule has 77 valence electrons. The van der Waals surface area contributed by atoms with Crippen LogP contribution in [0.4, 0.5) is 0 Å². The zero-order valence-corrected chi connectivity index (χ0v) is 9.21. The van der Waals surface area contributed by atoms with E-state index in [1.165, 1.54) is 11.3 Å². The molecule has 0 atom stereocenters. The SMILES string of the molecule is CO[C]1[CH][CH][C](C(=O)c2cccs2)C[CH]1. The summed E-state index contributed by atoms with van der Waals surface area (Å²) in [6.45, 7) is 0. The Hall–Kier alpha value is -0.670. The number of ketones is 1. The Kier molecular flexibility index (Phi) is 3.54. The van der Waals surface area contributed by atoms with E-state index in [2.05, 4.69) is 0 Å². The number of hydrogen-bond donors (Lipinski definition) is 0. The second-order valence-electron chi connectivity index (χ2n) is 3.18. The molecule has 2 rings (SSSR count). The van der Waals surface area contributed by atoms with E-state index in [4.69, 9.17) is 4.74 Å². The van der Waals surface area contributed by atoms with Gasteiger partial charge >= 0.3 is 0 Å². The Morgan fingerprint density at radius 2 is 2.33 bits per heavy atom. The first-order valence-corrected chi connectivity index (χ1v) is 5.55. The van der Waals surface area contributed by atoms with Crippen LogP contribution in [0, 0.1) is 31.3 Å². The molecule has 0 aromatic carbocycles. The van der Waals surface area contributed by atoms with Crippen LogP contribution in [-0.4, -0.2) is 12.9 Å². The molecule has 1 fully saturated rings. The average Bonchev–Trinajstić information content (AvgIpc) is 2.82. The highest BCUT2D eigenvalue weighted by atomic mass is 32.1. The van der Waals surface area contributed by atoms with Crippen LogP contribution in [0.15, 0.2) is 17.5 Å². The first-order valence-electron chi connectivity index (χ1n) is 4.67. The summed E-state index contributed by atoms with van der Waals surface area (Å²) in [6.07, 6.45) is 7.04. The zero-order valence-electron chi connectivity index (χ0n) is 8.40. The Bertz CT molecular complexity index is 310. The Morgan fingerprint density at radius 1 is 1.47 bits per heavy atom. The minimum atomic E-state index is 0.118. The molecule has 2 nitrogen and oxygen atoms in total. The smallest absolute Gasteiger partial charge is 0.180 e. The maximum Gasteiger partial charge on any atom is 0.180 e.